The lowest BCUT2D eigenvalue weighted by Gasteiger charge is -2.14. The van der Waals surface area contributed by atoms with Crippen molar-refractivity contribution in [2.45, 2.75) is 0 Å². The quantitative estimate of drug-likeness (QED) is 0.243. The van der Waals surface area contributed by atoms with E-state index in [1.165, 1.54) is 0 Å². The van der Waals surface area contributed by atoms with Crippen molar-refractivity contribution in [3.8, 4) is 36.4 Å². The van der Waals surface area contributed by atoms with Gasteiger partial charge in [0.1, 0.15) is 53.4 Å². The molecule has 11 heteroatoms. The minimum Gasteiger partial charge on any atom is -0.206 e. The van der Waals surface area contributed by atoms with Gasteiger partial charge in [-0.15, -0.1) is 0 Å². The molecule has 0 fully saturated rings. The highest BCUT2D eigenvalue weighted by atomic mass is 19.2. The molecular weight excluding hydrogens is 563 g/mol. The van der Waals surface area contributed by atoms with E-state index in [1.54, 1.807) is 24.3 Å². The van der Waals surface area contributed by atoms with Crippen LogP contribution in [0.15, 0.2) is 53.6 Å². The molecule has 0 atom stereocenters. The van der Waals surface area contributed by atoms with Crippen LogP contribution in [-0.4, -0.2) is 0 Å². The summed E-state index contributed by atoms with van der Waals surface area (Å²) in [5.74, 6) is -6.41. The summed E-state index contributed by atoms with van der Waals surface area (Å²) in [5, 5.41) is 59.3. The molecule has 3 aromatic carbocycles. The Hall–Kier alpha value is -6.79. The van der Waals surface area contributed by atoms with Gasteiger partial charge in [0.25, 0.3) is 0 Å². The third-order valence-corrected chi connectivity index (χ3v) is 6.89. The van der Waals surface area contributed by atoms with E-state index in [4.69, 9.17) is 0 Å². The van der Waals surface area contributed by atoms with E-state index in [1.807, 2.05) is 12.1 Å². The molecule has 0 N–H and O–H groups in total. The van der Waals surface area contributed by atoms with Gasteiger partial charge in [0.2, 0.25) is 0 Å². The zero-order valence-electron chi connectivity index (χ0n) is 21.1. The molecule has 0 aliphatic heterocycles. The van der Waals surface area contributed by atoms with E-state index in [-0.39, 0.29) is 44.5 Å². The van der Waals surface area contributed by atoms with Gasteiger partial charge in [0.05, 0.1) is 11.1 Å². The van der Waals surface area contributed by atoms with E-state index in [0.717, 1.165) is 30.3 Å². The molecule has 0 radical (unpaired) electrons. The molecule has 6 nitrogen and oxygen atoms in total. The highest BCUT2D eigenvalue weighted by Gasteiger charge is 2.41. The second-order valence-electron chi connectivity index (χ2n) is 8.96. The molecule has 5 rings (SSSR count). The minimum atomic E-state index is -1.33. The van der Waals surface area contributed by atoms with Crippen LogP contribution in [0.3, 0.4) is 0 Å². The standard InChI is InChI=1S/C32H7F5N6/c33-22-3-1-14(5-24(22)35)26-20(12-42)18-7-19-21(13-43)27(15-2-4-23(34)25(36)6-15)29(17(10-40)11-41)31(19)32(37)30(18)28(26)16(8-38)9-39/h1-7H. The number of allylic oxidation sites excluding steroid dienone is 8. The van der Waals surface area contributed by atoms with Gasteiger partial charge < -0.3 is 0 Å². The zero-order chi connectivity index (χ0) is 31.2. The zero-order valence-corrected chi connectivity index (χ0v) is 21.1. The Morgan fingerprint density at radius 3 is 1.16 bits per heavy atom. The maximum absolute atomic E-state index is 16.9. The molecule has 200 valence electrons. The number of nitriles is 6. The molecular formula is C32H7F5N6. The third-order valence-electron chi connectivity index (χ3n) is 6.89. The summed E-state index contributed by atoms with van der Waals surface area (Å²) in [6.07, 6.45) is 0. The molecule has 3 aromatic rings. The summed E-state index contributed by atoms with van der Waals surface area (Å²) in [7, 11) is 0. The van der Waals surface area contributed by atoms with Crippen LogP contribution in [0.5, 0.6) is 0 Å². The first-order valence-corrected chi connectivity index (χ1v) is 11.8. The Bertz CT molecular complexity index is 2060. The van der Waals surface area contributed by atoms with Crippen LogP contribution < -0.4 is 0 Å². The molecule has 2 aliphatic rings. The number of rotatable bonds is 2. The molecule has 0 amide bonds. The average molecular weight is 570 g/mol. The van der Waals surface area contributed by atoms with Crippen LogP contribution in [0, 0.1) is 97.1 Å². The third kappa shape index (κ3) is 3.95. The number of hydrogen-bond donors (Lipinski definition) is 0. The first kappa shape index (κ1) is 27.8. The van der Waals surface area contributed by atoms with Crippen molar-refractivity contribution in [3.05, 3.63) is 116 Å². The molecule has 0 heterocycles. The van der Waals surface area contributed by atoms with Gasteiger partial charge in [-0.2, -0.15) is 31.6 Å². The molecule has 0 saturated heterocycles. The molecule has 43 heavy (non-hydrogen) atoms. The smallest absolute Gasteiger partial charge is 0.159 e. The maximum atomic E-state index is 16.9. The maximum Gasteiger partial charge on any atom is 0.159 e. The van der Waals surface area contributed by atoms with Crippen molar-refractivity contribution < 1.29 is 22.0 Å². The molecule has 0 aromatic heterocycles. The second kappa shape index (κ2) is 10.3. The van der Waals surface area contributed by atoms with E-state index in [0.29, 0.717) is 12.1 Å². The van der Waals surface area contributed by atoms with E-state index in [9.17, 15) is 49.1 Å². The first-order chi connectivity index (χ1) is 20.7. The van der Waals surface area contributed by atoms with Gasteiger partial charge >= 0.3 is 0 Å². The summed E-state index contributed by atoms with van der Waals surface area (Å²) < 4.78 is 72.9. The summed E-state index contributed by atoms with van der Waals surface area (Å²) in [6.45, 7) is 0. The molecule has 0 unspecified atom stereocenters. The van der Waals surface area contributed by atoms with Crippen LogP contribution in [0.2, 0.25) is 0 Å². The number of hydrogen-bond acceptors (Lipinski definition) is 6. The summed E-state index contributed by atoms with van der Waals surface area (Å²) in [6, 6.07) is 16.2. The van der Waals surface area contributed by atoms with E-state index >= 15 is 4.39 Å². The van der Waals surface area contributed by atoms with Crippen molar-refractivity contribution in [1.29, 1.82) is 31.6 Å². The number of nitrogens with zero attached hydrogens (tertiary/aromatic N) is 6. The number of benzene rings is 3. The van der Waals surface area contributed by atoms with Gasteiger partial charge in [0, 0.05) is 44.5 Å². The van der Waals surface area contributed by atoms with Crippen LogP contribution in [0.1, 0.15) is 33.4 Å². The SMILES string of the molecule is N#CC(C#N)=C1C(c2ccc(F)c(F)c2)=C(C#N)c2cc3c(c(F)c21)C(=C(C#N)C#N)C(c1ccc(F)c(F)c1)=C3C#N. The predicted octanol–water partition coefficient (Wildman–Crippen LogP) is 6.88. The van der Waals surface area contributed by atoms with Crippen LogP contribution in [0.25, 0.3) is 33.4 Å². The first-order valence-electron chi connectivity index (χ1n) is 11.8. The van der Waals surface area contributed by atoms with Gasteiger partial charge in [-0.1, -0.05) is 12.1 Å². The normalized spacial score (nSPS) is 12.8. The fourth-order valence-electron chi connectivity index (χ4n) is 5.19. The second-order valence-corrected chi connectivity index (χ2v) is 8.96. The van der Waals surface area contributed by atoms with Gasteiger partial charge in [-0.3, -0.25) is 0 Å². The van der Waals surface area contributed by atoms with Crippen molar-refractivity contribution in [2.75, 3.05) is 0 Å². The largest absolute Gasteiger partial charge is 0.206 e. The number of halogens is 5. The Morgan fingerprint density at radius 1 is 0.488 bits per heavy atom. The summed E-state index contributed by atoms with van der Waals surface area (Å²) >= 11 is 0. The minimum absolute atomic E-state index is 0.173. The van der Waals surface area contributed by atoms with Crippen molar-refractivity contribution in [2.24, 2.45) is 0 Å². The molecule has 2 aliphatic carbocycles. The lowest BCUT2D eigenvalue weighted by molar-refractivity contribution is 0.508. The van der Waals surface area contributed by atoms with E-state index < -0.39 is 62.5 Å². The Kier molecular flexibility index (Phi) is 6.66. The fourth-order valence-corrected chi connectivity index (χ4v) is 5.19. The topological polar surface area (TPSA) is 143 Å². The predicted molar refractivity (Wildman–Crippen MR) is 140 cm³/mol. The van der Waals surface area contributed by atoms with Crippen LogP contribution >= 0.6 is 0 Å². The Labute approximate surface area is 239 Å². The Balaban J connectivity index is 1.99. The molecule has 0 spiro atoms. The van der Waals surface area contributed by atoms with Crippen LogP contribution in [0.4, 0.5) is 22.0 Å². The average Bonchev–Trinajstić information content (AvgIpc) is 3.51. The van der Waals surface area contributed by atoms with Crippen molar-refractivity contribution in [1.82, 2.24) is 0 Å². The van der Waals surface area contributed by atoms with Crippen molar-refractivity contribution >= 4 is 33.4 Å². The van der Waals surface area contributed by atoms with Crippen LogP contribution in [-0.2, 0) is 0 Å². The molecule has 0 bridgehead atoms. The van der Waals surface area contributed by atoms with E-state index in [2.05, 4.69) is 0 Å². The van der Waals surface area contributed by atoms with Gasteiger partial charge in [-0.05, 0) is 41.5 Å². The summed E-state index contributed by atoms with van der Waals surface area (Å²) in [4.78, 5) is 0. The number of fused-ring (bicyclic) bond motifs is 2. The molecule has 0 saturated carbocycles. The highest BCUT2D eigenvalue weighted by molar-refractivity contribution is 6.30. The monoisotopic (exact) mass is 570 g/mol. The van der Waals surface area contributed by atoms with Crippen molar-refractivity contribution in [3.63, 3.8) is 0 Å². The highest BCUT2D eigenvalue weighted by Crippen LogP contribution is 2.55. The lowest BCUT2D eigenvalue weighted by atomic mass is 9.88. The summed E-state index contributed by atoms with van der Waals surface area (Å²) in [5.41, 5.74) is -5.39. The van der Waals surface area contributed by atoms with Gasteiger partial charge in [0.15, 0.2) is 23.3 Å². The van der Waals surface area contributed by atoms with Gasteiger partial charge in [-0.25, -0.2) is 22.0 Å². The Morgan fingerprint density at radius 2 is 0.860 bits per heavy atom. The lowest BCUT2D eigenvalue weighted by Crippen LogP contribution is -2.02. The fraction of sp³-hybridized carbons (Fsp3) is 0.